The van der Waals surface area contributed by atoms with Crippen molar-refractivity contribution in [3.63, 3.8) is 0 Å². The van der Waals surface area contributed by atoms with E-state index in [1.165, 1.54) is 5.56 Å². The van der Waals surface area contributed by atoms with E-state index in [-0.39, 0.29) is 12.1 Å². The number of fused-ring (bicyclic) bond motifs is 1. The molecule has 1 N–H and O–H groups in total. The standard InChI is InChI=1S/C17H25NO3/c1-11-10-21-12(2)9-18(11)16-7-4-13-8-14(20-3)5-6-15(13)17(16)19/h5-6,8,11-12,16-17,19H,4,7,9-10H2,1-3H3. The molecule has 1 aromatic rings. The number of benzene rings is 1. The normalized spacial score (nSPS) is 33.5. The Morgan fingerprint density at radius 1 is 1.33 bits per heavy atom. The van der Waals surface area contributed by atoms with Gasteiger partial charge in [-0.15, -0.1) is 0 Å². The lowest BCUT2D eigenvalue weighted by Crippen LogP contribution is -2.54. The van der Waals surface area contributed by atoms with Crippen LogP contribution in [0, 0.1) is 0 Å². The van der Waals surface area contributed by atoms with Crippen molar-refractivity contribution >= 4 is 0 Å². The van der Waals surface area contributed by atoms with Gasteiger partial charge in [0.15, 0.2) is 0 Å². The quantitative estimate of drug-likeness (QED) is 0.906. The Balaban J connectivity index is 1.83. The van der Waals surface area contributed by atoms with Gasteiger partial charge < -0.3 is 14.6 Å². The number of aliphatic hydroxyl groups excluding tert-OH is 1. The van der Waals surface area contributed by atoms with Gasteiger partial charge in [-0.25, -0.2) is 0 Å². The first kappa shape index (κ1) is 14.8. The summed E-state index contributed by atoms with van der Waals surface area (Å²) in [6.45, 7) is 5.93. The van der Waals surface area contributed by atoms with Crippen molar-refractivity contribution in [3.05, 3.63) is 29.3 Å². The topological polar surface area (TPSA) is 41.9 Å². The summed E-state index contributed by atoms with van der Waals surface area (Å²) in [6.07, 6.45) is 1.79. The summed E-state index contributed by atoms with van der Waals surface area (Å²) < 4.78 is 11.0. The average molecular weight is 291 g/mol. The van der Waals surface area contributed by atoms with Gasteiger partial charge in [0.05, 0.1) is 25.9 Å². The molecule has 3 rings (SSSR count). The molecule has 2 aliphatic rings. The first-order valence-electron chi connectivity index (χ1n) is 7.82. The second kappa shape index (κ2) is 5.95. The third-order valence-electron chi connectivity index (χ3n) is 4.82. The lowest BCUT2D eigenvalue weighted by Gasteiger charge is -2.45. The van der Waals surface area contributed by atoms with Crippen molar-refractivity contribution in [1.82, 2.24) is 4.90 Å². The molecule has 1 aromatic carbocycles. The van der Waals surface area contributed by atoms with Crippen LogP contribution in [0.2, 0.25) is 0 Å². The molecule has 1 fully saturated rings. The summed E-state index contributed by atoms with van der Waals surface area (Å²) in [5, 5.41) is 10.8. The lowest BCUT2D eigenvalue weighted by molar-refractivity contribution is -0.0912. The monoisotopic (exact) mass is 291 g/mol. The Labute approximate surface area is 126 Å². The van der Waals surface area contributed by atoms with Gasteiger partial charge in [-0.2, -0.15) is 0 Å². The largest absolute Gasteiger partial charge is 0.497 e. The van der Waals surface area contributed by atoms with Crippen molar-refractivity contribution in [2.75, 3.05) is 20.3 Å². The van der Waals surface area contributed by atoms with Crippen molar-refractivity contribution < 1.29 is 14.6 Å². The summed E-state index contributed by atoms with van der Waals surface area (Å²) >= 11 is 0. The Morgan fingerprint density at radius 2 is 2.14 bits per heavy atom. The third kappa shape index (κ3) is 2.80. The van der Waals surface area contributed by atoms with Crippen LogP contribution in [0.25, 0.3) is 0 Å². The van der Waals surface area contributed by atoms with Crippen molar-refractivity contribution in [2.24, 2.45) is 0 Å². The van der Waals surface area contributed by atoms with Crippen LogP contribution in [0.4, 0.5) is 0 Å². The fourth-order valence-corrected chi connectivity index (χ4v) is 3.62. The molecule has 0 saturated carbocycles. The molecule has 0 spiro atoms. The van der Waals surface area contributed by atoms with Gasteiger partial charge in [0, 0.05) is 18.6 Å². The fraction of sp³-hybridized carbons (Fsp3) is 0.647. The van der Waals surface area contributed by atoms with E-state index in [4.69, 9.17) is 9.47 Å². The van der Waals surface area contributed by atoms with Crippen LogP contribution in [0.5, 0.6) is 5.75 Å². The second-order valence-electron chi connectivity index (χ2n) is 6.31. The summed E-state index contributed by atoms with van der Waals surface area (Å²) in [5.41, 5.74) is 2.27. The number of hydrogen-bond acceptors (Lipinski definition) is 4. The highest BCUT2D eigenvalue weighted by atomic mass is 16.5. The maximum absolute atomic E-state index is 10.8. The van der Waals surface area contributed by atoms with Gasteiger partial charge in [-0.1, -0.05) is 6.07 Å². The van der Waals surface area contributed by atoms with Crippen LogP contribution in [0.15, 0.2) is 18.2 Å². The van der Waals surface area contributed by atoms with Gasteiger partial charge in [-0.05, 0) is 49.9 Å². The van der Waals surface area contributed by atoms with E-state index in [1.54, 1.807) is 7.11 Å². The van der Waals surface area contributed by atoms with E-state index in [0.29, 0.717) is 6.04 Å². The molecule has 21 heavy (non-hydrogen) atoms. The molecule has 1 aliphatic carbocycles. The number of methoxy groups -OCH3 is 1. The van der Waals surface area contributed by atoms with Gasteiger partial charge in [0.25, 0.3) is 0 Å². The second-order valence-corrected chi connectivity index (χ2v) is 6.31. The Kier molecular flexibility index (Phi) is 4.20. The highest BCUT2D eigenvalue weighted by Gasteiger charge is 2.37. The van der Waals surface area contributed by atoms with Crippen molar-refractivity contribution in [3.8, 4) is 5.75 Å². The van der Waals surface area contributed by atoms with E-state index < -0.39 is 6.10 Å². The Morgan fingerprint density at radius 3 is 2.90 bits per heavy atom. The van der Waals surface area contributed by atoms with E-state index in [1.807, 2.05) is 12.1 Å². The smallest absolute Gasteiger partial charge is 0.119 e. The summed E-state index contributed by atoms with van der Waals surface area (Å²) in [7, 11) is 1.68. The van der Waals surface area contributed by atoms with Crippen LogP contribution in [-0.4, -0.2) is 48.5 Å². The van der Waals surface area contributed by atoms with E-state index in [2.05, 4.69) is 24.8 Å². The molecule has 0 amide bonds. The maximum Gasteiger partial charge on any atom is 0.119 e. The van der Waals surface area contributed by atoms with Gasteiger partial charge >= 0.3 is 0 Å². The van der Waals surface area contributed by atoms with Gasteiger partial charge in [0.2, 0.25) is 0 Å². The molecule has 0 radical (unpaired) electrons. The number of aliphatic hydroxyl groups is 1. The van der Waals surface area contributed by atoms with Crippen molar-refractivity contribution in [2.45, 2.75) is 51.0 Å². The molecule has 4 heteroatoms. The van der Waals surface area contributed by atoms with Crippen LogP contribution >= 0.6 is 0 Å². The van der Waals surface area contributed by atoms with Crippen LogP contribution in [0.3, 0.4) is 0 Å². The molecule has 1 heterocycles. The highest BCUT2D eigenvalue weighted by Crippen LogP contribution is 2.36. The zero-order chi connectivity index (χ0) is 15.0. The van der Waals surface area contributed by atoms with Gasteiger partial charge in [0.1, 0.15) is 5.75 Å². The highest BCUT2D eigenvalue weighted by molar-refractivity contribution is 5.39. The minimum absolute atomic E-state index is 0.187. The van der Waals surface area contributed by atoms with Crippen LogP contribution in [0.1, 0.15) is 37.5 Å². The first-order chi connectivity index (χ1) is 10.1. The Bertz CT molecular complexity index is 505. The van der Waals surface area contributed by atoms with Gasteiger partial charge in [-0.3, -0.25) is 4.90 Å². The predicted octanol–water partition coefficient (Wildman–Crippen LogP) is 2.15. The average Bonchev–Trinajstić information content (AvgIpc) is 2.50. The van der Waals surface area contributed by atoms with E-state index >= 15 is 0 Å². The number of rotatable bonds is 2. The van der Waals surface area contributed by atoms with Crippen LogP contribution in [-0.2, 0) is 11.2 Å². The minimum Gasteiger partial charge on any atom is -0.497 e. The summed E-state index contributed by atoms with van der Waals surface area (Å²) in [5.74, 6) is 0.868. The number of nitrogens with zero attached hydrogens (tertiary/aromatic N) is 1. The zero-order valence-electron chi connectivity index (χ0n) is 13.1. The van der Waals surface area contributed by atoms with E-state index in [9.17, 15) is 5.11 Å². The molecule has 1 saturated heterocycles. The lowest BCUT2D eigenvalue weighted by atomic mass is 9.84. The predicted molar refractivity (Wildman–Crippen MR) is 81.6 cm³/mol. The molecule has 1 aliphatic heterocycles. The number of ether oxygens (including phenoxy) is 2. The molecule has 0 bridgehead atoms. The number of morpholine rings is 1. The van der Waals surface area contributed by atoms with Crippen LogP contribution < -0.4 is 4.74 Å². The minimum atomic E-state index is -0.424. The molecule has 116 valence electrons. The molecule has 4 atom stereocenters. The van der Waals surface area contributed by atoms with Crippen molar-refractivity contribution in [1.29, 1.82) is 0 Å². The van der Waals surface area contributed by atoms with E-state index in [0.717, 1.165) is 37.3 Å². The molecular formula is C17H25NO3. The Hall–Kier alpha value is -1.10. The molecule has 4 unspecified atom stereocenters. The first-order valence-corrected chi connectivity index (χ1v) is 7.82. The summed E-state index contributed by atoms with van der Waals surface area (Å²) in [4.78, 5) is 2.42. The fourth-order valence-electron chi connectivity index (χ4n) is 3.62. The zero-order valence-corrected chi connectivity index (χ0v) is 13.1. The maximum atomic E-state index is 10.8. The molecule has 0 aromatic heterocycles. The number of aryl methyl sites for hydroxylation is 1. The molecular weight excluding hydrogens is 266 g/mol. The number of hydrogen-bond donors (Lipinski definition) is 1. The molecule has 4 nitrogen and oxygen atoms in total. The third-order valence-corrected chi connectivity index (χ3v) is 4.82. The SMILES string of the molecule is COc1ccc2c(c1)CCC(N1CC(C)OCC1C)C2O. The summed E-state index contributed by atoms with van der Waals surface area (Å²) in [6, 6.07) is 6.56.